The summed E-state index contributed by atoms with van der Waals surface area (Å²) in [5, 5.41) is 15.5. The molecule has 2 aromatic heterocycles. The van der Waals surface area contributed by atoms with Gasteiger partial charge in [-0.2, -0.15) is 10.2 Å². The molecule has 5 nitrogen and oxygen atoms in total. The summed E-state index contributed by atoms with van der Waals surface area (Å²) >= 11 is 1.48. The Kier molecular flexibility index (Phi) is 3.29. The number of nitrogens with one attached hydrogen (secondary N) is 1. The van der Waals surface area contributed by atoms with E-state index in [-0.39, 0.29) is 0 Å². The molecule has 0 aliphatic carbocycles. The van der Waals surface area contributed by atoms with Crippen LogP contribution in [0.3, 0.4) is 0 Å². The third-order valence-electron chi connectivity index (χ3n) is 1.92. The van der Waals surface area contributed by atoms with Crippen LogP contribution in [-0.4, -0.2) is 10.1 Å². The monoisotopic (exact) mass is 234 g/mol. The Morgan fingerprint density at radius 1 is 1.50 bits per heavy atom. The van der Waals surface area contributed by atoms with Crippen molar-refractivity contribution in [2.45, 2.75) is 20.0 Å². The molecule has 0 fully saturated rings. The Morgan fingerprint density at radius 3 is 3.00 bits per heavy atom. The zero-order valence-corrected chi connectivity index (χ0v) is 9.54. The molecule has 0 saturated heterocycles. The maximum Gasteiger partial charge on any atom is 0.240 e. The summed E-state index contributed by atoms with van der Waals surface area (Å²) < 4.78 is 4.96. The molecule has 0 amide bonds. The third kappa shape index (κ3) is 2.66. The number of hydrogen-bond donors (Lipinski definition) is 1. The molecule has 2 rings (SSSR count). The molecule has 0 saturated carbocycles. The van der Waals surface area contributed by atoms with Gasteiger partial charge in [0.2, 0.25) is 5.89 Å². The number of thiophene rings is 1. The first-order valence-corrected chi connectivity index (χ1v) is 5.58. The van der Waals surface area contributed by atoms with Gasteiger partial charge in [0, 0.05) is 11.4 Å². The minimum Gasteiger partial charge on any atom is -0.338 e. The highest BCUT2D eigenvalue weighted by Gasteiger charge is 2.03. The van der Waals surface area contributed by atoms with Crippen molar-refractivity contribution in [2.24, 2.45) is 0 Å². The molecule has 0 aromatic carbocycles. The van der Waals surface area contributed by atoms with E-state index in [1.807, 2.05) is 12.1 Å². The lowest BCUT2D eigenvalue weighted by atomic mass is 10.4. The molecule has 0 spiro atoms. The van der Waals surface area contributed by atoms with Crippen LogP contribution in [0.5, 0.6) is 0 Å². The average Bonchev–Trinajstić information content (AvgIpc) is 2.88. The molecule has 1 N–H and O–H groups in total. The molecule has 0 aliphatic rings. The van der Waals surface area contributed by atoms with E-state index < -0.39 is 0 Å². The SMILES string of the molecule is Cc1noc(CNCc2ccc(C#N)s2)n1. The number of aryl methyl sites for hydroxylation is 1. The predicted octanol–water partition coefficient (Wildman–Crippen LogP) is 1.60. The summed E-state index contributed by atoms with van der Waals surface area (Å²) in [7, 11) is 0. The summed E-state index contributed by atoms with van der Waals surface area (Å²) in [4.78, 5) is 5.92. The second-order valence-corrected chi connectivity index (χ2v) is 4.38. The van der Waals surface area contributed by atoms with Crippen LogP contribution in [0.25, 0.3) is 0 Å². The highest BCUT2D eigenvalue weighted by molar-refractivity contribution is 7.12. The first-order valence-electron chi connectivity index (χ1n) is 4.76. The fourth-order valence-corrected chi connectivity index (χ4v) is 2.01. The number of rotatable bonds is 4. The van der Waals surface area contributed by atoms with Gasteiger partial charge >= 0.3 is 0 Å². The first-order chi connectivity index (χ1) is 7.78. The molecule has 0 atom stereocenters. The van der Waals surface area contributed by atoms with Crippen molar-refractivity contribution < 1.29 is 4.52 Å². The lowest BCUT2D eigenvalue weighted by molar-refractivity contribution is 0.364. The molecular weight excluding hydrogens is 224 g/mol. The van der Waals surface area contributed by atoms with Crippen LogP contribution in [0.2, 0.25) is 0 Å². The molecule has 0 bridgehead atoms. The van der Waals surface area contributed by atoms with Crippen molar-refractivity contribution in [1.82, 2.24) is 15.5 Å². The minimum atomic E-state index is 0.542. The third-order valence-corrected chi connectivity index (χ3v) is 2.91. The molecule has 0 radical (unpaired) electrons. The molecule has 2 aromatic rings. The van der Waals surface area contributed by atoms with Gasteiger partial charge in [-0.15, -0.1) is 11.3 Å². The first kappa shape index (κ1) is 10.8. The highest BCUT2D eigenvalue weighted by atomic mass is 32.1. The van der Waals surface area contributed by atoms with Crippen molar-refractivity contribution in [3.05, 3.63) is 33.6 Å². The Hall–Kier alpha value is -1.71. The second kappa shape index (κ2) is 4.88. The maximum absolute atomic E-state index is 8.66. The quantitative estimate of drug-likeness (QED) is 0.869. The average molecular weight is 234 g/mol. The van der Waals surface area contributed by atoms with E-state index in [0.29, 0.717) is 24.8 Å². The zero-order chi connectivity index (χ0) is 11.4. The van der Waals surface area contributed by atoms with E-state index in [0.717, 1.165) is 9.75 Å². The van der Waals surface area contributed by atoms with Crippen LogP contribution in [-0.2, 0) is 13.1 Å². The van der Waals surface area contributed by atoms with Gasteiger partial charge in [0.15, 0.2) is 5.82 Å². The van der Waals surface area contributed by atoms with Crippen LogP contribution < -0.4 is 5.32 Å². The van der Waals surface area contributed by atoms with Crippen LogP contribution >= 0.6 is 11.3 Å². The fourth-order valence-electron chi connectivity index (χ4n) is 1.24. The number of hydrogen-bond acceptors (Lipinski definition) is 6. The summed E-state index contributed by atoms with van der Waals surface area (Å²) in [6.45, 7) is 3.03. The van der Waals surface area contributed by atoms with Gasteiger partial charge in [0.05, 0.1) is 6.54 Å². The summed E-state index contributed by atoms with van der Waals surface area (Å²) in [5.41, 5.74) is 0. The molecule has 2 heterocycles. The van der Waals surface area contributed by atoms with Gasteiger partial charge in [-0.25, -0.2) is 0 Å². The minimum absolute atomic E-state index is 0.542. The van der Waals surface area contributed by atoms with Crippen LogP contribution in [0, 0.1) is 18.3 Å². The largest absolute Gasteiger partial charge is 0.338 e. The van der Waals surface area contributed by atoms with E-state index in [1.54, 1.807) is 6.92 Å². The normalized spacial score (nSPS) is 10.2. The van der Waals surface area contributed by atoms with Gasteiger partial charge in [0.25, 0.3) is 0 Å². The van der Waals surface area contributed by atoms with E-state index in [9.17, 15) is 0 Å². The Labute approximate surface area is 96.7 Å². The van der Waals surface area contributed by atoms with Crippen molar-refractivity contribution in [3.8, 4) is 6.07 Å². The highest BCUT2D eigenvalue weighted by Crippen LogP contribution is 2.14. The standard InChI is InChI=1S/C10H10N4OS/c1-7-13-10(15-14-7)6-12-5-9-3-2-8(4-11)16-9/h2-3,12H,5-6H2,1H3. The van der Waals surface area contributed by atoms with Crippen molar-refractivity contribution in [1.29, 1.82) is 5.26 Å². The molecule has 0 aliphatic heterocycles. The fraction of sp³-hybridized carbons (Fsp3) is 0.300. The second-order valence-electron chi connectivity index (χ2n) is 3.22. The van der Waals surface area contributed by atoms with Crippen molar-refractivity contribution in [2.75, 3.05) is 0 Å². The summed E-state index contributed by atoms with van der Waals surface area (Å²) in [5.74, 6) is 1.22. The lowest BCUT2D eigenvalue weighted by Gasteiger charge is -1.97. The molecule has 0 unspecified atom stereocenters. The van der Waals surface area contributed by atoms with Gasteiger partial charge in [-0.1, -0.05) is 5.16 Å². The van der Waals surface area contributed by atoms with E-state index in [4.69, 9.17) is 9.78 Å². The van der Waals surface area contributed by atoms with Gasteiger partial charge in [-0.05, 0) is 19.1 Å². The van der Waals surface area contributed by atoms with Crippen molar-refractivity contribution >= 4 is 11.3 Å². The van der Waals surface area contributed by atoms with E-state index >= 15 is 0 Å². The topological polar surface area (TPSA) is 74.7 Å². The Balaban J connectivity index is 1.82. The Bertz CT molecular complexity index is 511. The van der Waals surface area contributed by atoms with Gasteiger partial charge in [0.1, 0.15) is 10.9 Å². The van der Waals surface area contributed by atoms with Gasteiger partial charge < -0.3 is 9.84 Å². The smallest absolute Gasteiger partial charge is 0.240 e. The lowest BCUT2D eigenvalue weighted by Crippen LogP contribution is -2.11. The molecule has 6 heteroatoms. The Morgan fingerprint density at radius 2 is 2.38 bits per heavy atom. The van der Waals surface area contributed by atoms with E-state index in [1.165, 1.54) is 11.3 Å². The predicted molar refractivity (Wildman–Crippen MR) is 58.6 cm³/mol. The zero-order valence-electron chi connectivity index (χ0n) is 8.73. The summed E-state index contributed by atoms with van der Waals surface area (Å²) in [6, 6.07) is 5.87. The number of nitriles is 1. The number of aromatic nitrogens is 2. The van der Waals surface area contributed by atoms with Crippen LogP contribution in [0.4, 0.5) is 0 Å². The van der Waals surface area contributed by atoms with Crippen LogP contribution in [0.1, 0.15) is 21.5 Å². The van der Waals surface area contributed by atoms with E-state index in [2.05, 4.69) is 21.5 Å². The van der Waals surface area contributed by atoms with Crippen molar-refractivity contribution in [3.63, 3.8) is 0 Å². The van der Waals surface area contributed by atoms with Crippen LogP contribution in [0.15, 0.2) is 16.7 Å². The molecule has 82 valence electrons. The summed E-state index contributed by atoms with van der Waals surface area (Å²) in [6.07, 6.45) is 0. The molecular formula is C10H10N4OS. The molecule has 16 heavy (non-hydrogen) atoms. The number of nitrogens with zero attached hydrogens (tertiary/aromatic N) is 3. The van der Waals surface area contributed by atoms with Gasteiger partial charge in [-0.3, -0.25) is 0 Å². The maximum atomic E-state index is 8.66.